The van der Waals surface area contributed by atoms with Gasteiger partial charge in [-0.15, -0.1) is 0 Å². The molecule has 16 heavy (non-hydrogen) atoms. The zero-order chi connectivity index (χ0) is 11.2. The third-order valence-electron chi connectivity index (χ3n) is 2.14. The van der Waals surface area contributed by atoms with E-state index in [1.165, 1.54) is 0 Å². The van der Waals surface area contributed by atoms with Crippen LogP contribution < -0.4 is 4.74 Å². The van der Waals surface area contributed by atoms with Gasteiger partial charge in [0.1, 0.15) is 6.61 Å². The Morgan fingerprint density at radius 1 is 1.06 bits per heavy atom. The van der Waals surface area contributed by atoms with Crippen LogP contribution in [0.3, 0.4) is 0 Å². The zero-order valence-corrected chi connectivity index (χ0v) is 8.97. The maximum absolute atomic E-state index is 5.39. The lowest BCUT2D eigenvalue weighted by molar-refractivity contribution is 0.349. The Kier molecular flexibility index (Phi) is 3.34. The topological polar surface area (TPSA) is 22.1 Å². The van der Waals surface area contributed by atoms with Crippen molar-refractivity contribution in [1.82, 2.24) is 4.98 Å². The highest BCUT2D eigenvalue weighted by molar-refractivity contribution is 5.59. The lowest BCUT2D eigenvalue weighted by Gasteiger charge is -2.04. The molecule has 0 aliphatic rings. The molecular formula is C14H13NO. The van der Waals surface area contributed by atoms with Crippen molar-refractivity contribution in [2.45, 2.75) is 0 Å². The highest BCUT2D eigenvalue weighted by Gasteiger charge is 2.00. The van der Waals surface area contributed by atoms with Crippen LogP contribution in [0.15, 0.2) is 61.2 Å². The molecule has 1 aromatic heterocycles. The van der Waals surface area contributed by atoms with Gasteiger partial charge in [-0.2, -0.15) is 0 Å². The predicted octanol–water partition coefficient (Wildman–Crippen LogP) is 3.31. The summed E-state index contributed by atoms with van der Waals surface area (Å²) in [6.07, 6.45) is 1.71. The van der Waals surface area contributed by atoms with Crippen molar-refractivity contribution in [1.29, 1.82) is 0 Å². The molecule has 1 heterocycles. The van der Waals surface area contributed by atoms with E-state index in [9.17, 15) is 0 Å². The van der Waals surface area contributed by atoms with Gasteiger partial charge < -0.3 is 4.74 Å². The van der Waals surface area contributed by atoms with Crippen LogP contribution in [0, 0.1) is 0 Å². The van der Waals surface area contributed by atoms with Gasteiger partial charge in [0.15, 0.2) is 0 Å². The Labute approximate surface area is 95.2 Å². The highest BCUT2D eigenvalue weighted by atomic mass is 16.5. The fourth-order valence-electron chi connectivity index (χ4n) is 1.41. The first-order valence-corrected chi connectivity index (χ1v) is 5.16. The van der Waals surface area contributed by atoms with Crippen molar-refractivity contribution in [2.24, 2.45) is 0 Å². The van der Waals surface area contributed by atoms with E-state index in [-0.39, 0.29) is 0 Å². The van der Waals surface area contributed by atoms with Crippen molar-refractivity contribution in [2.75, 3.05) is 6.61 Å². The molecule has 0 N–H and O–H groups in total. The molecule has 0 aliphatic heterocycles. The maximum atomic E-state index is 5.39. The second-order valence-electron chi connectivity index (χ2n) is 3.33. The van der Waals surface area contributed by atoms with Crippen LogP contribution in [0.1, 0.15) is 0 Å². The lowest BCUT2D eigenvalue weighted by atomic mass is 10.1. The first kappa shape index (κ1) is 10.4. The smallest absolute Gasteiger partial charge is 0.214 e. The van der Waals surface area contributed by atoms with Gasteiger partial charge in [-0.05, 0) is 6.07 Å². The largest absolute Gasteiger partial charge is 0.473 e. The molecule has 0 unspecified atom stereocenters. The van der Waals surface area contributed by atoms with Crippen LogP contribution in [0.5, 0.6) is 5.88 Å². The molecule has 2 heteroatoms. The van der Waals surface area contributed by atoms with Gasteiger partial charge >= 0.3 is 0 Å². The van der Waals surface area contributed by atoms with Crippen LogP contribution in [0.2, 0.25) is 0 Å². The summed E-state index contributed by atoms with van der Waals surface area (Å²) in [5, 5.41) is 0. The molecule has 0 saturated heterocycles. The quantitative estimate of drug-likeness (QED) is 0.724. The van der Waals surface area contributed by atoms with Gasteiger partial charge in [-0.25, -0.2) is 4.98 Å². The molecule has 2 rings (SSSR count). The van der Waals surface area contributed by atoms with Crippen molar-refractivity contribution < 1.29 is 4.74 Å². The summed E-state index contributed by atoms with van der Waals surface area (Å²) in [6.45, 7) is 4.08. The SMILES string of the molecule is C=CCOc1cccc(-c2ccccc2)n1. The van der Waals surface area contributed by atoms with Crippen LogP contribution in [0.25, 0.3) is 11.3 Å². The predicted molar refractivity (Wildman–Crippen MR) is 65.4 cm³/mol. The number of rotatable bonds is 4. The third-order valence-corrected chi connectivity index (χ3v) is 2.14. The number of ether oxygens (including phenoxy) is 1. The molecule has 2 nitrogen and oxygen atoms in total. The summed E-state index contributed by atoms with van der Waals surface area (Å²) in [5.74, 6) is 0.626. The fraction of sp³-hybridized carbons (Fsp3) is 0.0714. The zero-order valence-electron chi connectivity index (χ0n) is 8.97. The Hall–Kier alpha value is -2.09. The highest BCUT2D eigenvalue weighted by Crippen LogP contribution is 2.19. The van der Waals surface area contributed by atoms with E-state index in [4.69, 9.17) is 4.74 Å². The monoisotopic (exact) mass is 211 g/mol. The van der Waals surface area contributed by atoms with E-state index in [1.54, 1.807) is 6.08 Å². The average Bonchev–Trinajstić information content (AvgIpc) is 2.38. The van der Waals surface area contributed by atoms with Gasteiger partial charge in [0.05, 0.1) is 5.69 Å². The maximum Gasteiger partial charge on any atom is 0.214 e. The molecule has 0 radical (unpaired) electrons. The minimum atomic E-state index is 0.477. The Balaban J connectivity index is 2.25. The standard InChI is InChI=1S/C14H13NO/c1-2-11-16-14-10-6-9-13(15-14)12-7-4-3-5-8-12/h2-10H,1,11H2. The minimum absolute atomic E-state index is 0.477. The first-order chi connectivity index (χ1) is 7.90. The number of nitrogens with zero attached hydrogens (tertiary/aromatic N) is 1. The van der Waals surface area contributed by atoms with Gasteiger partial charge in [-0.3, -0.25) is 0 Å². The van der Waals surface area contributed by atoms with Crippen molar-refractivity contribution in [3.05, 3.63) is 61.2 Å². The lowest BCUT2D eigenvalue weighted by Crippen LogP contribution is -1.95. The van der Waals surface area contributed by atoms with E-state index in [0.29, 0.717) is 12.5 Å². The molecular weight excluding hydrogens is 198 g/mol. The number of aromatic nitrogens is 1. The Morgan fingerprint density at radius 3 is 2.62 bits per heavy atom. The molecule has 0 fully saturated rings. The summed E-state index contributed by atoms with van der Waals surface area (Å²) in [6, 6.07) is 15.8. The van der Waals surface area contributed by atoms with Gasteiger partial charge in [0.25, 0.3) is 0 Å². The third kappa shape index (κ3) is 2.48. The summed E-state index contributed by atoms with van der Waals surface area (Å²) in [4.78, 5) is 4.41. The van der Waals surface area contributed by atoms with Gasteiger partial charge in [0.2, 0.25) is 5.88 Å². The molecule has 80 valence electrons. The van der Waals surface area contributed by atoms with E-state index in [1.807, 2.05) is 48.5 Å². The second kappa shape index (κ2) is 5.12. The molecule has 0 bridgehead atoms. The molecule has 0 atom stereocenters. The molecule has 0 aliphatic carbocycles. The minimum Gasteiger partial charge on any atom is -0.473 e. The van der Waals surface area contributed by atoms with Crippen LogP contribution >= 0.6 is 0 Å². The molecule has 2 aromatic rings. The van der Waals surface area contributed by atoms with Crippen LogP contribution in [0.4, 0.5) is 0 Å². The summed E-state index contributed by atoms with van der Waals surface area (Å²) in [5.41, 5.74) is 2.01. The van der Waals surface area contributed by atoms with E-state index in [2.05, 4.69) is 11.6 Å². The molecule has 0 saturated carbocycles. The fourth-order valence-corrected chi connectivity index (χ4v) is 1.41. The summed E-state index contributed by atoms with van der Waals surface area (Å²) in [7, 11) is 0. The Bertz CT molecular complexity index is 465. The molecule has 0 spiro atoms. The van der Waals surface area contributed by atoms with E-state index >= 15 is 0 Å². The van der Waals surface area contributed by atoms with Crippen LogP contribution in [-0.4, -0.2) is 11.6 Å². The van der Waals surface area contributed by atoms with E-state index in [0.717, 1.165) is 11.3 Å². The second-order valence-corrected chi connectivity index (χ2v) is 3.33. The van der Waals surface area contributed by atoms with Crippen molar-refractivity contribution in [3.63, 3.8) is 0 Å². The first-order valence-electron chi connectivity index (χ1n) is 5.16. The van der Waals surface area contributed by atoms with Gasteiger partial charge in [0, 0.05) is 11.6 Å². The summed E-state index contributed by atoms with van der Waals surface area (Å²) >= 11 is 0. The number of hydrogen-bond donors (Lipinski definition) is 0. The van der Waals surface area contributed by atoms with Gasteiger partial charge in [-0.1, -0.05) is 49.1 Å². The van der Waals surface area contributed by atoms with E-state index < -0.39 is 0 Å². The Morgan fingerprint density at radius 2 is 1.88 bits per heavy atom. The molecule has 1 aromatic carbocycles. The number of pyridine rings is 1. The average molecular weight is 211 g/mol. The normalized spacial score (nSPS) is 9.75. The van der Waals surface area contributed by atoms with Crippen molar-refractivity contribution in [3.8, 4) is 17.1 Å². The van der Waals surface area contributed by atoms with Crippen molar-refractivity contribution >= 4 is 0 Å². The summed E-state index contributed by atoms with van der Waals surface area (Å²) < 4.78 is 5.39. The molecule has 0 amide bonds. The number of hydrogen-bond acceptors (Lipinski definition) is 2. The number of benzene rings is 1. The van der Waals surface area contributed by atoms with Crippen LogP contribution in [-0.2, 0) is 0 Å².